The van der Waals surface area contributed by atoms with Gasteiger partial charge in [-0.05, 0) is 50.0 Å². The largest absolute Gasteiger partial charge is 0.496 e. The van der Waals surface area contributed by atoms with Crippen LogP contribution in [0.2, 0.25) is 0 Å². The van der Waals surface area contributed by atoms with E-state index in [2.05, 4.69) is 27.3 Å². The van der Waals surface area contributed by atoms with Gasteiger partial charge < -0.3 is 15.8 Å². The Bertz CT molecular complexity index is 378. The number of nitrogens with one attached hydrogen (secondary N) is 1. The average molecular weight is 299 g/mol. The number of hydrogen-bond donors (Lipinski definition) is 2. The van der Waals surface area contributed by atoms with Crippen molar-refractivity contribution in [3.8, 4) is 5.75 Å². The molecule has 2 unspecified atom stereocenters. The smallest absolute Gasteiger partial charge is 0.123 e. The fraction of sp³-hybridized carbons (Fsp3) is 0.538. The van der Waals surface area contributed by atoms with E-state index in [0.29, 0.717) is 5.92 Å². The quantitative estimate of drug-likeness (QED) is 0.898. The molecule has 0 bridgehead atoms. The summed E-state index contributed by atoms with van der Waals surface area (Å²) in [6.07, 6.45) is 2.24. The van der Waals surface area contributed by atoms with Crippen LogP contribution in [0.5, 0.6) is 5.75 Å². The Balaban J connectivity index is 2.11. The van der Waals surface area contributed by atoms with Gasteiger partial charge in [0.1, 0.15) is 5.75 Å². The Hall–Kier alpha value is -0.580. The van der Waals surface area contributed by atoms with Crippen LogP contribution in [0.1, 0.15) is 24.4 Å². The highest BCUT2D eigenvalue weighted by molar-refractivity contribution is 9.10. The molecule has 1 aromatic rings. The molecule has 1 aromatic carbocycles. The van der Waals surface area contributed by atoms with Crippen LogP contribution >= 0.6 is 15.9 Å². The SMILES string of the molecule is COc1ccc(Br)cc1C(N)CC1CCNC1. The molecular weight excluding hydrogens is 280 g/mol. The fourth-order valence-electron chi connectivity index (χ4n) is 2.40. The van der Waals surface area contributed by atoms with Gasteiger partial charge in [0.15, 0.2) is 0 Å². The first-order chi connectivity index (χ1) is 8.20. The molecule has 4 heteroatoms. The van der Waals surface area contributed by atoms with Crippen molar-refractivity contribution in [3.05, 3.63) is 28.2 Å². The summed E-state index contributed by atoms with van der Waals surface area (Å²) >= 11 is 3.48. The Labute approximate surface area is 111 Å². The number of rotatable bonds is 4. The molecule has 1 heterocycles. The molecular formula is C13H19BrN2O. The van der Waals surface area contributed by atoms with Gasteiger partial charge in [-0.1, -0.05) is 15.9 Å². The summed E-state index contributed by atoms with van der Waals surface area (Å²) in [6.45, 7) is 2.21. The summed E-state index contributed by atoms with van der Waals surface area (Å²) in [7, 11) is 1.69. The van der Waals surface area contributed by atoms with Gasteiger partial charge in [0, 0.05) is 16.1 Å². The summed E-state index contributed by atoms with van der Waals surface area (Å²) in [5, 5.41) is 3.37. The van der Waals surface area contributed by atoms with Crippen LogP contribution in [0.4, 0.5) is 0 Å². The Kier molecular flexibility index (Phi) is 4.42. The van der Waals surface area contributed by atoms with E-state index in [4.69, 9.17) is 10.5 Å². The zero-order chi connectivity index (χ0) is 12.3. The van der Waals surface area contributed by atoms with Gasteiger partial charge >= 0.3 is 0 Å². The zero-order valence-corrected chi connectivity index (χ0v) is 11.7. The van der Waals surface area contributed by atoms with Gasteiger partial charge in [0.05, 0.1) is 7.11 Å². The summed E-state index contributed by atoms with van der Waals surface area (Å²) in [5.41, 5.74) is 7.38. The van der Waals surface area contributed by atoms with Crippen molar-refractivity contribution >= 4 is 15.9 Å². The minimum atomic E-state index is 0.0485. The van der Waals surface area contributed by atoms with Crippen LogP contribution in [0.25, 0.3) is 0 Å². The van der Waals surface area contributed by atoms with Gasteiger partial charge in [-0.2, -0.15) is 0 Å². The first-order valence-electron chi connectivity index (χ1n) is 6.00. The third-order valence-electron chi connectivity index (χ3n) is 3.34. The lowest BCUT2D eigenvalue weighted by molar-refractivity contribution is 0.396. The topological polar surface area (TPSA) is 47.3 Å². The number of ether oxygens (including phenoxy) is 1. The second kappa shape index (κ2) is 5.85. The molecule has 17 heavy (non-hydrogen) atoms. The van der Waals surface area contributed by atoms with E-state index >= 15 is 0 Å². The molecule has 0 spiro atoms. The molecule has 0 amide bonds. The number of hydrogen-bond acceptors (Lipinski definition) is 3. The van der Waals surface area contributed by atoms with Crippen molar-refractivity contribution in [2.24, 2.45) is 11.7 Å². The first kappa shape index (κ1) is 12.9. The van der Waals surface area contributed by atoms with Gasteiger partial charge in [-0.25, -0.2) is 0 Å². The molecule has 1 aliphatic rings. The summed E-state index contributed by atoms with van der Waals surface area (Å²) in [5.74, 6) is 1.57. The van der Waals surface area contributed by atoms with Crippen LogP contribution < -0.4 is 15.8 Å². The standard InChI is InChI=1S/C13H19BrN2O/c1-17-13-3-2-10(14)7-11(13)12(15)6-9-4-5-16-8-9/h2-3,7,9,12,16H,4-6,8,15H2,1H3. The highest BCUT2D eigenvalue weighted by atomic mass is 79.9. The lowest BCUT2D eigenvalue weighted by atomic mass is 9.94. The van der Waals surface area contributed by atoms with E-state index in [9.17, 15) is 0 Å². The van der Waals surface area contributed by atoms with E-state index in [1.807, 2.05) is 12.1 Å². The lowest BCUT2D eigenvalue weighted by Crippen LogP contribution is -2.18. The normalized spacial score (nSPS) is 21.5. The van der Waals surface area contributed by atoms with Crippen LogP contribution in [0.15, 0.2) is 22.7 Å². The van der Waals surface area contributed by atoms with Crippen molar-refractivity contribution in [1.82, 2.24) is 5.32 Å². The summed E-state index contributed by atoms with van der Waals surface area (Å²) in [6, 6.07) is 6.05. The van der Waals surface area contributed by atoms with Crippen LogP contribution in [-0.4, -0.2) is 20.2 Å². The van der Waals surface area contributed by atoms with Gasteiger partial charge in [0.25, 0.3) is 0 Å². The molecule has 1 aliphatic heterocycles. The second-order valence-electron chi connectivity index (χ2n) is 4.59. The van der Waals surface area contributed by atoms with E-state index in [1.165, 1.54) is 6.42 Å². The maximum atomic E-state index is 6.29. The van der Waals surface area contributed by atoms with Gasteiger partial charge in [0.2, 0.25) is 0 Å². The maximum absolute atomic E-state index is 6.29. The monoisotopic (exact) mass is 298 g/mol. The van der Waals surface area contributed by atoms with E-state index in [-0.39, 0.29) is 6.04 Å². The Morgan fingerprint density at radius 3 is 3.06 bits per heavy atom. The fourth-order valence-corrected chi connectivity index (χ4v) is 2.78. The number of methoxy groups -OCH3 is 1. The van der Waals surface area contributed by atoms with Crippen molar-refractivity contribution in [2.75, 3.05) is 20.2 Å². The Morgan fingerprint density at radius 1 is 1.59 bits per heavy atom. The van der Waals surface area contributed by atoms with E-state index in [1.54, 1.807) is 7.11 Å². The van der Waals surface area contributed by atoms with Crippen LogP contribution in [0, 0.1) is 5.92 Å². The van der Waals surface area contributed by atoms with Gasteiger partial charge in [-0.15, -0.1) is 0 Å². The zero-order valence-electron chi connectivity index (χ0n) is 10.1. The average Bonchev–Trinajstić information content (AvgIpc) is 2.81. The van der Waals surface area contributed by atoms with Crippen molar-refractivity contribution < 1.29 is 4.74 Å². The molecule has 0 aromatic heterocycles. The molecule has 0 saturated carbocycles. The predicted octanol–water partition coefficient (Wildman–Crippen LogP) is 2.46. The molecule has 1 saturated heterocycles. The third kappa shape index (κ3) is 3.21. The molecule has 2 rings (SSSR count). The molecule has 3 N–H and O–H groups in total. The molecule has 0 aliphatic carbocycles. The summed E-state index contributed by atoms with van der Waals surface area (Å²) < 4.78 is 6.42. The second-order valence-corrected chi connectivity index (χ2v) is 5.50. The minimum Gasteiger partial charge on any atom is -0.496 e. The van der Waals surface area contributed by atoms with Crippen molar-refractivity contribution in [2.45, 2.75) is 18.9 Å². The molecule has 0 radical (unpaired) electrons. The van der Waals surface area contributed by atoms with Gasteiger partial charge in [-0.3, -0.25) is 0 Å². The highest BCUT2D eigenvalue weighted by Crippen LogP contribution is 2.31. The molecule has 1 fully saturated rings. The molecule has 94 valence electrons. The van der Waals surface area contributed by atoms with E-state index < -0.39 is 0 Å². The number of benzene rings is 1. The third-order valence-corrected chi connectivity index (χ3v) is 3.83. The number of nitrogens with two attached hydrogens (primary N) is 1. The van der Waals surface area contributed by atoms with Crippen molar-refractivity contribution in [3.63, 3.8) is 0 Å². The van der Waals surface area contributed by atoms with Crippen LogP contribution in [0.3, 0.4) is 0 Å². The minimum absolute atomic E-state index is 0.0485. The highest BCUT2D eigenvalue weighted by Gasteiger charge is 2.20. The number of halogens is 1. The lowest BCUT2D eigenvalue weighted by Gasteiger charge is -2.19. The van der Waals surface area contributed by atoms with Crippen LogP contribution in [-0.2, 0) is 0 Å². The predicted molar refractivity (Wildman–Crippen MR) is 73.2 cm³/mol. The Morgan fingerprint density at radius 2 is 2.41 bits per heavy atom. The van der Waals surface area contributed by atoms with Crippen molar-refractivity contribution in [1.29, 1.82) is 0 Å². The first-order valence-corrected chi connectivity index (χ1v) is 6.79. The maximum Gasteiger partial charge on any atom is 0.123 e. The molecule has 2 atom stereocenters. The molecule has 3 nitrogen and oxygen atoms in total. The summed E-state index contributed by atoms with van der Waals surface area (Å²) in [4.78, 5) is 0. The van der Waals surface area contributed by atoms with E-state index in [0.717, 1.165) is 35.3 Å².